The lowest BCUT2D eigenvalue weighted by Crippen LogP contribution is -2.24. The number of anilines is 2. The van der Waals surface area contributed by atoms with E-state index in [-0.39, 0.29) is 24.0 Å². The van der Waals surface area contributed by atoms with E-state index in [0.717, 1.165) is 6.07 Å². The Morgan fingerprint density at radius 2 is 2.12 bits per heavy atom. The number of alkyl halides is 3. The molecule has 26 heavy (non-hydrogen) atoms. The third-order valence-corrected chi connectivity index (χ3v) is 3.22. The first kappa shape index (κ1) is 18.9. The molecule has 0 aliphatic carbocycles. The van der Waals surface area contributed by atoms with Gasteiger partial charge in [0.1, 0.15) is 11.6 Å². The van der Waals surface area contributed by atoms with Crippen molar-refractivity contribution in [1.82, 2.24) is 10.2 Å². The molecule has 0 fully saturated rings. The summed E-state index contributed by atoms with van der Waals surface area (Å²) in [5.41, 5.74) is 12.1. The van der Waals surface area contributed by atoms with Crippen LogP contribution in [0.2, 0.25) is 0 Å². The highest BCUT2D eigenvalue weighted by molar-refractivity contribution is 5.93. The number of H-pyrrole nitrogens is 1. The molecule has 0 bridgehead atoms. The average Bonchev–Trinajstić information content (AvgIpc) is 2.92. The largest absolute Gasteiger partial charge is 0.573 e. The number of guanidine groups is 1. The lowest BCUT2D eigenvalue weighted by Gasteiger charge is -2.14. The Hall–Kier alpha value is -3.42. The minimum absolute atomic E-state index is 0.0409. The molecule has 11 heteroatoms. The molecule has 1 heterocycles. The Kier molecular flexibility index (Phi) is 5.90. The van der Waals surface area contributed by atoms with Crippen molar-refractivity contribution in [2.45, 2.75) is 19.2 Å². The normalized spacial score (nSPS) is 11.8. The third-order valence-electron chi connectivity index (χ3n) is 3.22. The van der Waals surface area contributed by atoms with Gasteiger partial charge in [-0.25, -0.2) is 0 Å². The number of aliphatic imine (C=N–C) groups is 1. The molecule has 2 rings (SSSR count). The lowest BCUT2D eigenvalue weighted by atomic mass is 10.1. The number of rotatable bonds is 6. The second-order valence-corrected chi connectivity index (χ2v) is 5.11. The van der Waals surface area contributed by atoms with Crippen molar-refractivity contribution in [3.05, 3.63) is 35.5 Å². The molecule has 6 N–H and O–H groups in total. The number of benzene rings is 1. The smallest absolute Gasteiger partial charge is 0.404 e. The van der Waals surface area contributed by atoms with E-state index in [4.69, 9.17) is 16.7 Å². The van der Waals surface area contributed by atoms with Crippen LogP contribution in [0.3, 0.4) is 0 Å². The Bertz CT molecular complexity index is 823. The fourth-order valence-electron chi connectivity index (χ4n) is 2.12. The van der Waals surface area contributed by atoms with Gasteiger partial charge < -0.3 is 21.5 Å². The number of nitrogens with one attached hydrogen (secondary N) is 2. The molecule has 0 saturated heterocycles. The van der Waals surface area contributed by atoms with Gasteiger partial charge in [-0.3, -0.25) is 10.1 Å². The van der Waals surface area contributed by atoms with Crippen LogP contribution in [0.1, 0.15) is 17.7 Å². The van der Waals surface area contributed by atoms with Gasteiger partial charge in [-0.1, -0.05) is 12.1 Å². The number of nitrogen functional groups attached to an aromatic ring is 1. The summed E-state index contributed by atoms with van der Waals surface area (Å²) in [6.45, 7) is 0.283. The van der Waals surface area contributed by atoms with Gasteiger partial charge in [-0.05, 0) is 25.0 Å². The van der Waals surface area contributed by atoms with Crippen LogP contribution in [-0.4, -0.2) is 29.1 Å². The summed E-state index contributed by atoms with van der Waals surface area (Å²) in [4.78, 5) is 4.03. The van der Waals surface area contributed by atoms with Crippen LogP contribution < -0.4 is 21.5 Å². The molecule has 2 aromatic rings. The minimum atomic E-state index is -4.81. The van der Waals surface area contributed by atoms with Crippen LogP contribution in [0.25, 0.3) is 0 Å². The van der Waals surface area contributed by atoms with E-state index in [0.29, 0.717) is 24.1 Å². The van der Waals surface area contributed by atoms with Crippen molar-refractivity contribution in [2.24, 2.45) is 10.7 Å². The lowest BCUT2D eigenvalue weighted by molar-refractivity contribution is -0.274. The highest BCUT2D eigenvalue weighted by Gasteiger charge is 2.32. The second kappa shape index (κ2) is 8.11. The van der Waals surface area contributed by atoms with Crippen molar-refractivity contribution in [1.29, 1.82) is 5.26 Å². The maximum Gasteiger partial charge on any atom is 0.573 e. The molecule has 1 aromatic heterocycles. The van der Waals surface area contributed by atoms with Crippen LogP contribution >= 0.6 is 0 Å². The summed E-state index contributed by atoms with van der Waals surface area (Å²) in [7, 11) is 0. The summed E-state index contributed by atoms with van der Waals surface area (Å²) in [5.74, 6) is -0.342. The summed E-state index contributed by atoms with van der Waals surface area (Å²) >= 11 is 0. The number of aromatic nitrogens is 2. The number of nitrogens with zero attached hydrogens (tertiary/aromatic N) is 3. The van der Waals surface area contributed by atoms with E-state index < -0.39 is 12.1 Å². The van der Waals surface area contributed by atoms with Gasteiger partial charge in [0.2, 0.25) is 0 Å². The van der Waals surface area contributed by atoms with E-state index in [1.807, 2.05) is 6.07 Å². The van der Waals surface area contributed by atoms with Gasteiger partial charge in [0.05, 0.1) is 11.4 Å². The number of nitrogens with two attached hydrogens (primary N) is 2. The molecule has 8 nitrogen and oxygen atoms in total. The Labute approximate surface area is 146 Å². The standard InChI is InChI=1S/C15H16F3N7O/c16-15(17,18)26-12-6-2-1-4-11(12)23-14(21)22-7-3-5-10-9(8-19)13(20)25-24-10/h1-2,4,6H,3,5,7H2,(H3,20,24,25)(H3,21,22,23). The molecule has 0 spiro atoms. The minimum Gasteiger partial charge on any atom is -0.404 e. The van der Waals surface area contributed by atoms with E-state index in [2.05, 4.69) is 25.2 Å². The predicted octanol–water partition coefficient (Wildman–Crippen LogP) is 2.12. The van der Waals surface area contributed by atoms with E-state index in [9.17, 15) is 13.2 Å². The SMILES string of the molecule is N#Cc1c(N)n[nH]c1CCCN=C(N)Nc1ccccc1OC(F)(F)F. The maximum absolute atomic E-state index is 12.4. The number of hydrogen-bond acceptors (Lipinski definition) is 5. The fourth-order valence-corrected chi connectivity index (χ4v) is 2.12. The number of nitriles is 1. The van der Waals surface area contributed by atoms with Crippen LogP contribution in [-0.2, 0) is 6.42 Å². The molecular weight excluding hydrogens is 351 g/mol. The maximum atomic E-state index is 12.4. The Morgan fingerprint density at radius 1 is 1.38 bits per heavy atom. The summed E-state index contributed by atoms with van der Waals surface area (Å²) in [5, 5.41) is 17.9. The predicted molar refractivity (Wildman–Crippen MR) is 89.3 cm³/mol. The van der Waals surface area contributed by atoms with E-state index in [1.54, 1.807) is 0 Å². The molecule has 1 aromatic carbocycles. The molecule has 0 atom stereocenters. The summed E-state index contributed by atoms with van der Waals surface area (Å²) in [6.07, 6.45) is -3.81. The zero-order chi connectivity index (χ0) is 19.2. The first-order valence-electron chi connectivity index (χ1n) is 7.44. The van der Waals surface area contributed by atoms with Crippen molar-refractivity contribution in [2.75, 3.05) is 17.6 Å². The van der Waals surface area contributed by atoms with Crippen molar-refractivity contribution in [3.63, 3.8) is 0 Å². The monoisotopic (exact) mass is 367 g/mol. The van der Waals surface area contributed by atoms with Gasteiger partial charge in [0, 0.05) is 6.54 Å². The summed E-state index contributed by atoms with van der Waals surface area (Å²) < 4.78 is 41.1. The van der Waals surface area contributed by atoms with Crippen molar-refractivity contribution in [3.8, 4) is 11.8 Å². The number of ether oxygens (including phenoxy) is 1. The van der Waals surface area contributed by atoms with Gasteiger partial charge >= 0.3 is 6.36 Å². The molecule has 138 valence electrons. The number of hydrogen-bond donors (Lipinski definition) is 4. The Balaban J connectivity index is 1.92. The zero-order valence-corrected chi connectivity index (χ0v) is 13.5. The van der Waals surface area contributed by atoms with Gasteiger partial charge in [0.15, 0.2) is 17.5 Å². The number of aromatic amines is 1. The van der Waals surface area contributed by atoms with E-state index in [1.165, 1.54) is 18.2 Å². The molecule has 0 aliphatic rings. The quantitative estimate of drug-likeness (QED) is 0.350. The topological polar surface area (TPSA) is 138 Å². The molecule has 0 saturated carbocycles. The Morgan fingerprint density at radius 3 is 2.81 bits per heavy atom. The fraction of sp³-hybridized carbons (Fsp3) is 0.267. The number of para-hydroxylation sites is 2. The average molecular weight is 367 g/mol. The zero-order valence-electron chi connectivity index (χ0n) is 13.5. The molecular formula is C15H16F3N7O. The molecule has 0 unspecified atom stereocenters. The third kappa shape index (κ3) is 5.30. The van der Waals surface area contributed by atoms with Gasteiger partial charge in [-0.15, -0.1) is 13.2 Å². The highest BCUT2D eigenvalue weighted by Crippen LogP contribution is 2.29. The van der Waals surface area contributed by atoms with Crippen molar-refractivity contribution < 1.29 is 17.9 Å². The van der Waals surface area contributed by atoms with Crippen LogP contribution in [0, 0.1) is 11.3 Å². The van der Waals surface area contributed by atoms with Crippen LogP contribution in [0.15, 0.2) is 29.3 Å². The van der Waals surface area contributed by atoms with Crippen LogP contribution in [0.4, 0.5) is 24.7 Å². The molecule has 0 amide bonds. The highest BCUT2D eigenvalue weighted by atomic mass is 19.4. The number of aryl methyl sites for hydroxylation is 1. The van der Waals surface area contributed by atoms with Gasteiger partial charge in [0.25, 0.3) is 0 Å². The second-order valence-electron chi connectivity index (χ2n) is 5.11. The van der Waals surface area contributed by atoms with Gasteiger partial charge in [-0.2, -0.15) is 10.4 Å². The van der Waals surface area contributed by atoms with Crippen LogP contribution in [0.5, 0.6) is 5.75 Å². The number of halogens is 3. The van der Waals surface area contributed by atoms with E-state index >= 15 is 0 Å². The molecule has 0 aliphatic heterocycles. The van der Waals surface area contributed by atoms with Crippen molar-refractivity contribution >= 4 is 17.5 Å². The molecule has 0 radical (unpaired) electrons. The first-order valence-corrected chi connectivity index (χ1v) is 7.44. The summed E-state index contributed by atoms with van der Waals surface area (Å²) in [6, 6.07) is 7.44. The first-order chi connectivity index (χ1) is 12.3.